The topological polar surface area (TPSA) is 47.3 Å². The van der Waals surface area contributed by atoms with Crippen LogP contribution in [0.3, 0.4) is 0 Å². The molecule has 2 rings (SSSR count). The molecule has 108 valence electrons. The Bertz CT molecular complexity index is 608. The normalized spacial score (nSPS) is 13.3. The summed E-state index contributed by atoms with van der Waals surface area (Å²) in [5.41, 5.74) is 1.58. The number of halogens is 3. The Labute approximate surface area is 113 Å². The van der Waals surface area contributed by atoms with Crippen LogP contribution in [0.4, 0.5) is 13.2 Å². The van der Waals surface area contributed by atoms with E-state index in [2.05, 4.69) is 9.84 Å². The number of nitrogens with zero attached hydrogens (tertiary/aromatic N) is 2. The van der Waals surface area contributed by atoms with E-state index < -0.39 is 12.5 Å². The molecule has 2 aromatic rings. The molecule has 7 heteroatoms. The van der Waals surface area contributed by atoms with Gasteiger partial charge in [0.1, 0.15) is 11.9 Å². The lowest BCUT2D eigenvalue weighted by Crippen LogP contribution is -2.17. The van der Waals surface area contributed by atoms with Gasteiger partial charge in [0.25, 0.3) is 0 Å². The fourth-order valence-electron chi connectivity index (χ4n) is 1.85. The molecule has 0 amide bonds. The molecular formula is C13H13F3N2O2. The van der Waals surface area contributed by atoms with Gasteiger partial charge < -0.3 is 9.84 Å². The monoisotopic (exact) mass is 286 g/mol. The van der Waals surface area contributed by atoms with Crippen molar-refractivity contribution in [2.24, 2.45) is 7.05 Å². The van der Waals surface area contributed by atoms with Crippen LogP contribution in [-0.4, -0.2) is 21.2 Å². The third-order valence-corrected chi connectivity index (χ3v) is 2.98. The molecule has 0 fully saturated rings. The molecule has 0 aliphatic heterocycles. The summed E-state index contributed by atoms with van der Waals surface area (Å²) in [7, 11) is 1.72. The molecule has 0 spiro atoms. The summed E-state index contributed by atoms with van der Waals surface area (Å²) in [6.45, 7) is 1.77. The molecule has 0 bridgehead atoms. The fraction of sp³-hybridized carbons (Fsp3) is 0.308. The van der Waals surface area contributed by atoms with Crippen LogP contribution >= 0.6 is 0 Å². The Morgan fingerprint density at radius 3 is 2.60 bits per heavy atom. The molecule has 1 aromatic carbocycles. The highest BCUT2D eigenvalue weighted by Gasteiger charge is 2.31. The van der Waals surface area contributed by atoms with Gasteiger partial charge in [-0.05, 0) is 24.6 Å². The Morgan fingerprint density at radius 2 is 2.05 bits per heavy atom. The SMILES string of the molecule is Cc1c(C(O)c2cccc(OC(F)(F)F)c2)cnn1C. The van der Waals surface area contributed by atoms with Crippen molar-refractivity contribution in [1.29, 1.82) is 0 Å². The van der Waals surface area contributed by atoms with Crippen LogP contribution in [0.5, 0.6) is 5.75 Å². The minimum atomic E-state index is -4.76. The Balaban J connectivity index is 2.29. The smallest absolute Gasteiger partial charge is 0.406 e. The van der Waals surface area contributed by atoms with E-state index in [1.807, 2.05) is 0 Å². The van der Waals surface area contributed by atoms with E-state index in [4.69, 9.17) is 0 Å². The maximum absolute atomic E-state index is 12.2. The molecule has 0 saturated carbocycles. The lowest BCUT2D eigenvalue weighted by molar-refractivity contribution is -0.274. The average Bonchev–Trinajstić information content (AvgIpc) is 2.67. The first-order chi connectivity index (χ1) is 9.28. The molecule has 1 N–H and O–H groups in total. The zero-order valence-corrected chi connectivity index (χ0v) is 10.8. The van der Waals surface area contributed by atoms with Crippen LogP contribution in [0.2, 0.25) is 0 Å². The van der Waals surface area contributed by atoms with Gasteiger partial charge in [-0.2, -0.15) is 5.10 Å². The Hall–Kier alpha value is -2.02. The van der Waals surface area contributed by atoms with Gasteiger partial charge in [0.05, 0.1) is 6.20 Å². The summed E-state index contributed by atoms with van der Waals surface area (Å²) in [6, 6.07) is 5.26. The third kappa shape index (κ3) is 3.11. The van der Waals surface area contributed by atoms with Crippen molar-refractivity contribution in [2.45, 2.75) is 19.4 Å². The lowest BCUT2D eigenvalue weighted by atomic mass is 10.0. The molecular weight excluding hydrogens is 273 g/mol. The summed E-state index contributed by atoms with van der Waals surface area (Å²) < 4.78 is 41.9. The van der Waals surface area contributed by atoms with Gasteiger partial charge in [-0.25, -0.2) is 0 Å². The van der Waals surface area contributed by atoms with Crippen LogP contribution in [0.25, 0.3) is 0 Å². The summed E-state index contributed by atoms with van der Waals surface area (Å²) in [5.74, 6) is -0.365. The number of aliphatic hydroxyl groups is 1. The highest BCUT2D eigenvalue weighted by molar-refractivity contribution is 5.36. The maximum atomic E-state index is 12.2. The van der Waals surface area contributed by atoms with E-state index in [1.165, 1.54) is 24.4 Å². The second kappa shape index (κ2) is 5.16. The van der Waals surface area contributed by atoms with Gasteiger partial charge in [0.15, 0.2) is 0 Å². The van der Waals surface area contributed by atoms with Crippen LogP contribution < -0.4 is 4.74 Å². The molecule has 1 heterocycles. The predicted molar refractivity (Wildman–Crippen MR) is 65.1 cm³/mol. The van der Waals surface area contributed by atoms with Gasteiger partial charge >= 0.3 is 6.36 Å². The molecule has 4 nitrogen and oxygen atoms in total. The van der Waals surface area contributed by atoms with Crippen LogP contribution in [0.1, 0.15) is 22.9 Å². The minimum absolute atomic E-state index is 0.308. The van der Waals surface area contributed by atoms with Crippen molar-refractivity contribution >= 4 is 0 Å². The third-order valence-electron chi connectivity index (χ3n) is 2.98. The van der Waals surface area contributed by atoms with Crippen molar-refractivity contribution in [3.8, 4) is 5.75 Å². The van der Waals surface area contributed by atoms with Gasteiger partial charge in [0, 0.05) is 18.3 Å². The van der Waals surface area contributed by atoms with Crippen molar-refractivity contribution in [1.82, 2.24) is 9.78 Å². The van der Waals surface area contributed by atoms with Gasteiger partial charge in [-0.3, -0.25) is 4.68 Å². The van der Waals surface area contributed by atoms with Crippen LogP contribution in [0.15, 0.2) is 30.5 Å². The quantitative estimate of drug-likeness (QED) is 0.943. The molecule has 0 saturated heterocycles. The van der Waals surface area contributed by atoms with Crippen LogP contribution in [-0.2, 0) is 7.05 Å². The van der Waals surface area contributed by atoms with E-state index in [-0.39, 0.29) is 5.75 Å². The number of aryl methyl sites for hydroxylation is 1. The summed E-state index contributed by atoms with van der Waals surface area (Å²) in [4.78, 5) is 0. The molecule has 1 aromatic heterocycles. The molecule has 1 atom stereocenters. The molecule has 0 aliphatic rings. The van der Waals surface area contributed by atoms with Gasteiger partial charge in [-0.1, -0.05) is 12.1 Å². The predicted octanol–water partition coefficient (Wildman–Crippen LogP) is 2.71. The lowest BCUT2D eigenvalue weighted by Gasteiger charge is -2.13. The number of ether oxygens (including phenoxy) is 1. The van der Waals surface area contributed by atoms with Crippen LogP contribution in [0, 0.1) is 6.92 Å². The van der Waals surface area contributed by atoms with Crippen molar-refractivity contribution < 1.29 is 23.0 Å². The highest BCUT2D eigenvalue weighted by Crippen LogP contribution is 2.29. The first kappa shape index (κ1) is 14.4. The van der Waals surface area contributed by atoms with Gasteiger partial charge in [0.2, 0.25) is 0 Å². The molecule has 1 unspecified atom stereocenters. The number of rotatable bonds is 3. The fourth-order valence-corrected chi connectivity index (χ4v) is 1.85. The number of hydrogen-bond acceptors (Lipinski definition) is 3. The van der Waals surface area contributed by atoms with E-state index in [0.29, 0.717) is 11.1 Å². The Morgan fingerprint density at radius 1 is 1.35 bits per heavy atom. The maximum Gasteiger partial charge on any atom is 0.573 e. The zero-order chi connectivity index (χ0) is 14.9. The number of aliphatic hydroxyl groups excluding tert-OH is 1. The number of aromatic nitrogens is 2. The summed E-state index contributed by atoms with van der Waals surface area (Å²) in [6.07, 6.45) is -4.33. The van der Waals surface area contributed by atoms with E-state index in [1.54, 1.807) is 18.7 Å². The molecule has 0 aliphatic carbocycles. The van der Waals surface area contributed by atoms with E-state index in [0.717, 1.165) is 11.8 Å². The zero-order valence-electron chi connectivity index (χ0n) is 10.8. The molecule has 0 radical (unpaired) electrons. The largest absolute Gasteiger partial charge is 0.573 e. The molecule has 20 heavy (non-hydrogen) atoms. The first-order valence-electron chi connectivity index (χ1n) is 5.80. The first-order valence-corrected chi connectivity index (χ1v) is 5.80. The second-order valence-electron chi connectivity index (χ2n) is 4.33. The highest BCUT2D eigenvalue weighted by atomic mass is 19.4. The van der Waals surface area contributed by atoms with Gasteiger partial charge in [-0.15, -0.1) is 13.2 Å². The summed E-state index contributed by atoms with van der Waals surface area (Å²) in [5, 5.41) is 14.2. The summed E-state index contributed by atoms with van der Waals surface area (Å²) >= 11 is 0. The number of benzene rings is 1. The minimum Gasteiger partial charge on any atom is -0.406 e. The van der Waals surface area contributed by atoms with Crippen molar-refractivity contribution in [2.75, 3.05) is 0 Å². The van der Waals surface area contributed by atoms with E-state index >= 15 is 0 Å². The Kier molecular flexibility index (Phi) is 3.71. The van der Waals surface area contributed by atoms with E-state index in [9.17, 15) is 18.3 Å². The van der Waals surface area contributed by atoms with Crippen molar-refractivity contribution in [3.05, 3.63) is 47.3 Å². The van der Waals surface area contributed by atoms with Crippen molar-refractivity contribution in [3.63, 3.8) is 0 Å². The average molecular weight is 286 g/mol. The number of hydrogen-bond donors (Lipinski definition) is 1. The number of alkyl halides is 3. The second-order valence-corrected chi connectivity index (χ2v) is 4.33. The standard InChI is InChI=1S/C13H13F3N2O2/c1-8-11(7-17-18(8)2)12(19)9-4-3-5-10(6-9)20-13(14,15)16/h3-7,12,19H,1-2H3.